The minimum Gasteiger partial charge on any atom is -0.460 e. The van der Waals surface area contributed by atoms with Crippen molar-refractivity contribution in [2.24, 2.45) is 0 Å². The van der Waals surface area contributed by atoms with E-state index in [0.717, 1.165) is 12.8 Å². The number of esters is 1. The van der Waals surface area contributed by atoms with E-state index < -0.39 is 25.3 Å². The van der Waals surface area contributed by atoms with Crippen LogP contribution in [0.15, 0.2) is 54.1 Å². The van der Waals surface area contributed by atoms with E-state index in [1.165, 1.54) is 21.9 Å². The summed E-state index contributed by atoms with van der Waals surface area (Å²) in [7, 11) is -2.53. The Hall–Kier alpha value is -1.98. The largest absolute Gasteiger partial charge is 0.460 e. The molecule has 7 heteroatoms. The van der Waals surface area contributed by atoms with Crippen LogP contribution < -0.4 is 0 Å². The number of allylic oxidation sites excluding steroid dienone is 1. The molecule has 0 aromatic heterocycles. The molecule has 2 aromatic rings. The summed E-state index contributed by atoms with van der Waals surface area (Å²) >= 11 is 0. The third kappa shape index (κ3) is 6.00. The van der Waals surface area contributed by atoms with E-state index in [2.05, 4.69) is 49.4 Å². The van der Waals surface area contributed by atoms with E-state index in [9.17, 15) is 19.1 Å². The normalized spacial score (nSPS) is 20.4. The molecule has 2 atom stereocenters. The highest BCUT2D eigenvalue weighted by atomic mass is 31.2. The standard InChI is InChI=1S/C22H28NO5P/c1-16(7-8-17-9-10-18-5-3-4-6-19(18)13-17)11-12-23(2)15-20-14-21(22(24)28-20)29(25,26)27/h3-6,9-11,13,20-21H,7-8,12,14-15H2,1-2H3,(H2,25,26,27). The first-order valence-electron chi connectivity index (χ1n) is 9.80. The number of nitrogens with zero attached hydrogens (tertiary/aromatic N) is 1. The van der Waals surface area contributed by atoms with Crippen molar-refractivity contribution in [2.45, 2.75) is 37.9 Å². The molecule has 3 rings (SSSR count). The number of hydrogen-bond donors (Lipinski definition) is 2. The number of fused-ring (bicyclic) bond motifs is 1. The second-order valence-electron chi connectivity index (χ2n) is 7.85. The van der Waals surface area contributed by atoms with Crippen molar-refractivity contribution in [2.75, 3.05) is 20.1 Å². The fraction of sp³-hybridized carbons (Fsp3) is 0.409. The van der Waals surface area contributed by atoms with Crippen LogP contribution in [-0.4, -0.2) is 52.6 Å². The lowest BCUT2D eigenvalue weighted by molar-refractivity contribution is -0.141. The molecule has 29 heavy (non-hydrogen) atoms. The quantitative estimate of drug-likeness (QED) is 0.388. The van der Waals surface area contributed by atoms with Gasteiger partial charge >= 0.3 is 13.6 Å². The van der Waals surface area contributed by atoms with Crippen LogP contribution in [0.5, 0.6) is 0 Å². The van der Waals surface area contributed by atoms with E-state index in [0.29, 0.717) is 13.1 Å². The molecule has 1 aliphatic rings. The minimum absolute atomic E-state index is 0.0676. The summed E-state index contributed by atoms with van der Waals surface area (Å²) in [5, 5.41) is 2.50. The van der Waals surface area contributed by atoms with Crippen LogP contribution in [0.1, 0.15) is 25.3 Å². The molecular weight excluding hydrogens is 389 g/mol. The van der Waals surface area contributed by atoms with Gasteiger partial charge in [0.25, 0.3) is 0 Å². The average molecular weight is 417 g/mol. The Morgan fingerprint density at radius 3 is 2.66 bits per heavy atom. The second kappa shape index (κ2) is 9.23. The Balaban J connectivity index is 1.46. The molecule has 2 unspecified atom stereocenters. The Labute approximate surface area is 171 Å². The molecule has 1 saturated heterocycles. The molecule has 6 nitrogen and oxygen atoms in total. The molecule has 156 valence electrons. The van der Waals surface area contributed by atoms with Gasteiger partial charge < -0.3 is 14.5 Å². The molecule has 0 saturated carbocycles. The highest BCUT2D eigenvalue weighted by Crippen LogP contribution is 2.47. The summed E-state index contributed by atoms with van der Waals surface area (Å²) in [6, 6.07) is 14.9. The number of cyclic esters (lactones) is 1. The Morgan fingerprint density at radius 2 is 1.97 bits per heavy atom. The topological polar surface area (TPSA) is 87.1 Å². The van der Waals surface area contributed by atoms with Crippen molar-refractivity contribution in [1.29, 1.82) is 0 Å². The highest BCUT2D eigenvalue weighted by molar-refractivity contribution is 7.53. The van der Waals surface area contributed by atoms with Gasteiger partial charge in [-0.3, -0.25) is 14.3 Å². The maximum atomic E-state index is 11.6. The molecule has 2 aromatic carbocycles. The molecular formula is C22H28NO5P. The number of rotatable bonds is 8. The van der Waals surface area contributed by atoms with Gasteiger partial charge in [0.1, 0.15) is 6.10 Å². The molecule has 0 bridgehead atoms. The lowest BCUT2D eigenvalue weighted by Crippen LogP contribution is -2.29. The van der Waals surface area contributed by atoms with Gasteiger partial charge in [-0.25, -0.2) is 0 Å². The van der Waals surface area contributed by atoms with Crippen LogP contribution >= 0.6 is 7.60 Å². The van der Waals surface area contributed by atoms with Gasteiger partial charge in [0.2, 0.25) is 0 Å². The molecule has 1 aliphatic heterocycles. The van der Waals surface area contributed by atoms with Crippen molar-refractivity contribution in [1.82, 2.24) is 4.90 Å². The number of carbonyl (C=O) groups is 1. The van der Waals surface area contributed by atoms with Gasteiger partial charge in [0.15, 0.2) is 5.66 Å². The van der Waals surface area contributed by atoms with E-state index in [1.54, 1.807) is 0 Å². The predicted octanol–water partition coefficient (Wildman–Crippen LogP) is 3.51. The number of carbonyl (C=O) groups excluding carboxylic acids is 1. The fourth-order valence-electron chi connectivity index (χ4n) is 3.59. The molecule has 0 spiro atoms. The molecule has 2 N–H and O–H groups in total. The summed E-state index contributed by atoms with van der Waals surface area (Å²) in [5.41, 5.74) is 1.27. The first-order chi connectivity index (χ1) is 13.7. The third-order valence-corrected chi connectivity index (χ3v) is 6.57. The Morgan fingerprint density at radius 1 is 1.24 bits per heavy atom. The van der Waals surface area contributed by atoms with Crippen LogP contribution in [0.2, 0.25) is 0 Å². The maximum Gasteiger partial charge on any atom is 0.339 e. The van der Waals surface area contributed by atoms with Gasteiger partial charge in [-0.15, -0.1) is 0 Å². The first kappa shape index (κ1) is 21.7. The van der Waals surface area contributed by atoms with Crippen LogP contribution in [0.4, 0.5) is 0 Å². The van der Waals surface area contributed by atoms with Crippen LogP contribution in [0, 0.1) is 0 Å². The van der Waals surface area contributed by atoms with Gasteiger partial charge in [0, 0.05) is 19.5 Å². The molecule has 1 heterocycles. The van der Waals surface area contributed by atoms with Crippen molar-refractivity contribution in [3.8, 4) is 0 Å². The zero-order valence-electron chi connectivity index (χ0n) is 16.8. The minimum atomic E-state index is -4.44. The van der Waals surface area contributed by atoms with Crippen molar-refractivity contribution >= 4 is 24.3 Å². The molecule has 0 amide bonds. The number of ether oxygens (including phenoxy) is 1. The summed E-state index contributed by atoms with van der Waals surface area (Å²) in [4.78, 5) is 32.1. The third-order valence-electron chi connectivity index (χ3n) is 5.34. The van der Waals surface area contributed by atoms with Gasteiger partial charge in [-0.2, -0.15) is 0 Å². The second-order valence-corrected chi connectivity index (χ2v) is 9.65. The van der Waals surface area contributed by atoms with Gasteiger partial charge in [-0.1, -0.05) is 54.1 Å². The van der Waals surface area contributed by atoms with Crippen molar-refractivity contribution in [3.63, 3.8) is 0 Å². The summed E-state index contributed by atoms with van der Waals surface area (Å²) < 4.78 is 16.4. The van der Waals surface area contributed by atoms with Gasteiger partial charge in [-0.05, 0) is 43.1 Å². The number of hydrogen-bond acceptors (Lipinski definition) is 4. The highest BCUT2D eigenvalue weighted by Gasteiger charge is 2.45. The molecule has 1 fully saturated rings. The molecule has 0 aliphatic carbocycles. The number of benzene rings is 2. The summed E-state index contributed by atoms with van der Waals surface area (Å²) in [6.07, 6.45) is 3.68. The number of aryl methyl sites for hydroxylation is 1. The van der Waals surface area contributed by atoms with Crippen LogP contribution in [0.25, 0.3) is 10.8 Å². The summed E-state index contributed by atoms with van der Waals surface area (Å²) in [6.45, 7) is 3.25. The van der Waals surface area contributed by atoms with E-state index in [4.69, 9.17) is 4.74 Å². The summed E-state index contributed by atoms with van der Waals surface area (Å²) in [5.74, 6) is -0.793. The zero-order valence-corrected chi connectivity index (χ0v) is 17.7. The van der Waals surface area contributed by atoms with Crippen molar-refractivity contribution < 1.29 is 23.9 Å². The zero-order chi connectivity index (χ0) is 21.0. The monoisotopic (exact) mass is 417 g/mol. The van der Waals surface area contributed by atoms with E-state index >= 15 is 0 Å². The molecule has 0 radical (unpaired) electrons. The van der Waals surface area contributed by atoms with Crippen LogP contribution in [-0.2, 0) is 20.5 Å². The lowest BCUT2D eigenvalue weighted by atomic mass is 10.0. The smallest absolute Gasteiger partial charge is 0.339 e. The number of likely N-dealkylation sites (N-methyl/N-ethyl adjacent to an activating group) is 1. The maximum absolute atomic E-state index is 11.6. The Kier molecular flexibility index (Phi) is 6.91. The lowest BCUT2D eigenvalue weighted by Gasteiger charge is -2.19. The fourth-order valence-corrected chi connectivity index (χ4v) is 4.44. The van der Waals surface area contributed by atoms with E-state index in [1.807, 2.05) is 18.0 Å². The Bertz CT molecular complexity index is 951. The predicted molar refractivity (Wildman–Crippen MR) is 114 cm³/mol. The van der Waals surface area contributed by atoms with Crippen LogP contribution in [0.3, 0.4) is 0 Å². The van der Waals surface area contributed by atoms with Gasteiger partial charge in [0.05, 0.1) is 0 Å². The van der Waals surface area contributed by atoms with Crippen molar-refractivity contribution in [3.05, 3.63) is 59.7 Å². The SMILES string of the molecule is CC(=CCN(C)CC1CC(P(=O)(O)O)C(=O)O1)CCc1ccc2ccccc2c1. The first-order valence-corrected chi connectivity index (χ1v) is 11.5. The average Bonchev–Trinajstić information content (AvgIpc) is 3.05. The van der Waals surface area contributed by atoms with E-state index in [-0.39, 0.29) is 6.42 Å².